The number of nitrogens with zero attached hydrogens (tertiary/aromatic N) is 2. The lowest BCUT2D eigenvalue weighted by molar-refractivity contribution is -0.274. The van der Waals surface area contributed by atoms with Crippen LogP contribution in [0.15, 0.2) is 77.9 Å². The molecule has 2 aromatic carbocycles. The standard InChI is InChI=1S/C20H17F3N4O/c21-20(22,23)28-17-9-7-16(8-10-17)27-19(24)26-13-14-4-3-5-15(12-14)18-6-1-2-11-25-18/h1-12H,13H2,(H3,24,26,27). The van der Waals surface area contributed by atoms with E-state index in [1.165, 1.54) is 24.3 Å². The number of nitrogens with two attached hydrogens (primary N) is 1. The van der Waals surface area contributed by atoms with Crippen molar-refractivity contribution in [3.8, 4) is 17.0 Å². The van der Waals surface area contributed by atoms with Gasteiger partial charge in [-0.1, -0.05) is 24.3 Å². The molecule has 0 bridgehead atoms. The normalized spacial score (nSPS) is 11.9. The van der Waals surface area contributed by atoms with Crippen molar-refractivity contribution in [2.75, 3.05) is 5.32 Å². The Bertz CT molecular complexity index is 942. The van der Waals surface area contributed by atoms with E-state index in [4.69, 9.17) is 5.73 Å². The Labute approximate surface area is 159 Å². The first-order valence-electron chi connectivity index (χ1n) is 8.32. The number of hydrogen-bond donors (Lipinski definition) is 2. The van der Waals surface area contributed by atoms with Gasteiger partial charge < -0.3 is 15.8 Å². The number of guanidine groups is 1. The molecule has 0 aliphatic rings. The minimum atomic E-state index is -4.72. The van der Waals surface area contributed by atoms with Crippen molar-refractivity contribution < 1.29 is 17.9 Å². The van der Waals surface area contributed by atoms with Gasteiger partial charge in [0.1, 0.15) is 5.75 Å². The van der Waals surface area contributed by atoms with E-state index in [-0.39, 0.29) is 11.7 Å². The van der Waals surface area contributed by atoms with Crippen molar-refractivity contribution in [3.05, 3.63) is 78.5 Å². The maximum Gasteiger partial charge on any atom is 0.573 e. The minimum absolute atomic E-state index is 0.146. The molecular weight excluding hydrogens is 369 g/mol. The van der Waals surface area contributed by atoms with Gasteiger partial charge >= 0.3 is 6.36 Å². The average molecular weight is 386 g/mol. The summed E-state index contributed by atoms with van der Waals surface area (Å²) in [5.41, 5.74) is 9.14. The van der Waals surface area contributed by atoms with Crippen molar-refractivity contribution in [1.29, 1.82) is 0 Å². The molecule has 1 aromatic heterocycles. The largest absolute Gasteiger partial charge is 0.573 e. The smallest absolute Gasteiger partial charge is 0.406 e. The quantitative estimate of drug-likeness (QED) is 0.498. The summed E-state index contributed by atoms with van der Waals surface area (Å²) in [6.45, 7) is 0.342. The SMILES string of the molecule is NC(=NCc1cccc(-c2ccccn2)c1)Nc1ccc(OC(F)(F)F)cc1. The lowest BCUT2D eigenvalue weighted by Gasteiger charge is -2.10. The second-order valence-electron chi connectivity index (χ2n) is 5.81. The molecule has 0 aliphatic heterocycles. The van der Waals surface area contributed by atoms with Crippen LogP contribution in [0.2, 0.25) is 0 Å². The van der Waals surface area contributed by atoms with Crippen molar-refractivity contribution in [2.45, 2.75) is 12.9 Å². The number of halogens is 3. The number of rotatable bonds is 5. The van der Waals surface area contributed by atoms with Gasteiger partial charge in [-0.2, -0.15) is 0 Å². The zero-order chi connectivity index (χ0) is 20.0. The van der Waals surface area contributed by atoms with Crippen LogP contribution in [0.1, 0.15) is 5.56 Å². The molecule has 0 aliphatic carbocycles. The Balaban J connectivity index is 1.62. The van der Waals surface area contributed by atoms with E-state index in [0.717, 1.165) is 16.8 Å². The van der Waals surface area contributed by atoms with E-state index in [1.807, 2.05) is 42.5 Å². The summed E-state index contributed by atoms with van der Waals surface area (Å²) in [7, 11) is 0. The van der Waals surface area contributed by atoms with Crippen LogP contribution in [0.3, 0.4) is 0 Å². The fraction of sp³-hybridized carbons (Fsp3) is 0.100. The summed E-state index contributed by atoms with van der Waals surface area (Å²) in [5.74, 6) is -0.160. The van der Waals surface area contributed by atoms with E-state index in [9.17, 15) is 13.2 Å². The number of alkyl halides is 3. The number of benzene rings is 2. The Hall–Kier alpha value is -3.55. The average Bonchev–Trinajstić information content (AvgIpc) is 2.68. The minimum Gasteiger partial charge on any atom is -0.406 e. The van der Waals surface area contributed by atoms with Gasteiger partial charge in [-0.05, 0) is 48.0 Å². The Morgan fingerprint density at radius 1 is 1.04 bits per heavy atom. The van der Waals surface area contributed by atoms with E-state index in [1.54, 1.807) is 6.20 Å². The maximum absolute atomic E-state index is 12.2. The second-order valence-corrected chi connectivity index (χ2v) is 5.81. The van der Waals surface area contributed by atoms with Gasteiger partial charge in [-0.25, -0.2) is 4.99 Å². The third kappa shape index (κ3) is 5.73. The fourth-order valence-corrected chi connectivity index (χ4v) is 2.47. The molecular formula is C20H17F3N4O. The molecule has 0 saturated heterocycles. The molecule has 1 heterocycles. The summed E-state index contributed by atoms with van der Waals surface area (Å²) in [5, 5.41) is 2.83. The number of anilines is 1. The topological polar surface area (TPSA) is 72.5 Å². The molecule has 0 radical (unpaired) electrons. The van der Waals surface area contributed by atoms with E-state index >= 15 is 0 Å². The molecule has 3 aromatic rings. The van der Waals surface area contributed by atoms with Crippen molar-refractivity contribution in [2.24, 2.45) is 10.7 Å². The van der Waals surface area contributed by atoms with E-state index in [0.29, 0.717) is 12.2 Å². The molecule has 0 fully saturated rings. The van der Waals surface area contributed by atoms with Gasteiger partial charge in [0.05, 0.1) is 12.2 Å². The van der Waals surface area contributed by atoms with Gasteiger partial charge in [0.25, 0.3) is 0 Å². The van der Waals surface area contributed by atoms with Crippen molar-refractivity contribution in [1.82, 2.24) is 4.98 Å². The molecule has 5 nitrogen and oxygen atoms in total. The number of hydrogen-bond acceptors (Lipinski definition) is 3. The zero-order valence-corrected chi connectivity index (χ0v) is 14.6. The molecule has 3 rings (SSSR count). The van der Waals surface area contributed by atoms with Crippen LogP contribution in [-0.4, -0.2) is 17.3 Å². The molecule has 0 atom stereocenters. The van der Waals surface area contributed by atoms with Crippen LogP contribution in [0.5, 0.6) is 5.75 Å². The summed E-state index contributed by atoms with van der Waals surface area (Å²) in [6, 6.07) is 18.7. The predicted octanol–water partition coefficient (Wildman–Crippen LogP) is 4.57. The zero-order valence-electron chi connectivity index (χ0n) is 14.6. The monoisotopic (exact) mass is 386 g/mol. The van der Waals surface area contributed by atoms with Crippen LogP contribution in [-0.2, 0) is 6.54 Å². The second kappa shape index (κ2) is 8.43. The highest BCUT2D eigenvalue weighted by Crippen LogP contribution is 2.24. The van der Waals surface area contributed by atoms with Crippen molar-refractivity contribution >= 4 is 11.6 Å². The summed E-state index contributed by atoms with van der Waals surface area (Å²) in [4.78, 5) is 8.57. The molecule has 0 saturated carbocycles. The van der Waals surface area contributed by atoms with E-state index in [2.05, 4.69) is 20.0 Å². The first kappa shape index (κ1) is 19.2. The van der Waals surface area contributed by atoms with Crippen LogP contribution >= 0.6 is 0 Å². The lowest BCUT2D eigenvalue weighted by atomic mass is 10.1. The molecule has 0 amide bonds. The first-order chi connectivity index (χ1) is 13.4. The molecule has 144 valence electrons. The maximum atomic E-state index is 12.2. The molecule has 0 unspecified atom stereocenters. The van der Waals surface area contributed by atoms with Crippen LogP contribution in [0.25, 0.3) is 11.3 Å². The first-order valence-corrected chi connectivity index (χ1v) is 8.32. The molecule has 28 heavy (non-hydrogen) atoms. The highest BCUT2D eigenvalue weighted by molar-refractivity contribution is 5.92. The Kier molecular flexibility index (Phi) is 5.78. The number of pyridine rings is 1. The van der Waals surface area contributed by atoms with Gasteiger partial charge in [0.2, 0.25) is 0 Å². The van der Waals surface area contributed by atoms with Crippen LogP contribution in [0.4, 0.5) is 18.9 Å². The van der Waals surface area contributed by atoms with Gasteiger partial charge in [0, 0.05) is 17.4 Å². The Morgan fingerprint density at radius 3 is 2.50 bits per heavy atom. The molecule has 0 spiro atoms. The highest BCUT2D eigenvalue weighted by Gasteiger charge is 2.30. The number of aliphatic imine (C=N–C) groups is 1. The van der Waals surface area contributed by atoms with Crippen molar-refractivity contribution in [3.63, 3.8) is 0 Å². The molecule has 8 heteroatoms. The lowest BCUT2D eigenvalue weighted by Crippen LogP contribution is -2.22. The summed E-state index contributed by atoms with van der Waals surface area (Å²) < 4.78 is 40.3. The van der Waals surface area contributed by atoms with E-state index < -0.39 is 6.36 Å². The number of ether oxygens (including phenoxy) is 1. The summed E-state index contributed by atoms with van der Waals surface area (Å²) >= 11 is 0. The number of nitrogens with one attached hydrogen (secondary N) is 1. The van der Waals surface area contributed by atoms with Crippen LogP contribution < -0.4 is 15.8 Å². The third-order valence-corrected chi connectivity index (χ3v) is 3.68. The van der Waals surface area contributed by atoms with Crippen LogP contribution in [0, 0.1) is 0 Å². The van der Waals surface area contributed by atoms with Gasteiger partial charge in [-0.15, -0.1) is 13.2 Å². The molecule has 3 N–H and O–H groups in total. The number of aromatic nitrogens is 1. The predicted molar refractivity (Wildman–Crippen MR) is 102 cm³/mol. The van der Waals surface area contributed by atoms with Gasteiger partial charge in [-0.3, -0.25) is 4.98 Å². The summed E-state index contributed by atoms with van der Waals surface area (Å²) in [6.07, 6.45) is -2.99. The van der Waals surface area contributed by atoms with Gasteiger partial charge in [0.15, 0.2) is 5.96 Å². The highest BCUT2D eigenvalue weighted by atomic mass is 19.4. The Morgan fingerprint density at radius 2 is 1.82 bits per heavy atom. The fourth-order valence-electron chi connectivity index (χ4n) is 2.47. The third-order valence-electron chi connectivity index (χ3n) is 3.68.